The van der Waals surface area contributed by atoms with E-state index in [4.69, 9.17) is 0 Å². The molecule has 8 heteroatoms. The third-order valence-electron chi connectivity index (χ3n) is 2.66. The zero-order chi connectivity index (χ0) is 13.7. The highest BCUT2D eigenvalue weighted by atomic mass is 32.1. The van der Waals surface area contributed by atoms with Crippen LogP contribution in [-0.2, 0) is 17.8 Å². The maximum Gasteiger partial charge on any atom is 0.307 e. The van der Waals surface area contributed by atoms with E-state index in [1.807, 2.05) is 6.92 Å². The Labute approximate surface area is 113 Å². The molecule has 2 aromatic heterocycles. The number of nitrogens with one attached hydrogen (secondary N) is 2. The van der Waals surface area contributed by atoms with Gasteiger partial charge in [-0.2, -0.15) is 5.10 Å². The summed E-state index contributed by atoms with van der Waals surface area (Å²) < 4.78 is 1.47. The van der Waals surface area contributed by atoms with Crippen molar-refractivity contribution in [2.45, 2.75) is 26.3 Å². The lowest BCUT2D eigenvalue weighted by Gasteiger charge is -2.06. The van der Waals surface area contributed by atoms with E-state index in [0.717, 1.165) is 35.7 Å². The van der Waals surface area contributed by atoms with Crippen LogP contribution in [0.2, 0.25) is 0 Å². The molecule has 0 spiro atoms. The first-order chi connectivity index (χ1) is 9.16. The molecule has 0 bridgehead atoms. The lowest BCUT2D eigenvalue weighted by Crippen LogP contribution is -2.31. The highest BCUT2D eigenvalue weighted by Gasteiger charge is 2.07. The molecule has 0 fully saturated rings. The molecule has 0 aliphatic rings. The van der Waals surface area contributed by atoms with Gasteiger partial charge in [-0.05, 0) is 13.3 Å². The van der Waals surface area contributed by atoms with Crippen molar-refractivity contribution in [2.24, 2.45) is 0 Å². The lowest BCUT2D eigenvalue weighted by molar-refractivity contribution is -0.121. The van der Waals surface area contributed by atoms with Gasteiger partial charge in [0.1, 0.15) is 18.7 Å². The number of amides is 1. The second-order valence-electron chi connectivity index (χ2n) is 4.11. The van der Waals surface area contributed by atoms with Crippen molar-refractivity contribution in [3.05, 3.63) is 32.9 Å². The maximum absolute atomic E-state index is 11.7. The van der Waals surface area contributed by atoms with E-state index >= 15 is 0 Å². The first-order valence-electron chi connectivity index (χ1n) is 5.92. The van der Waals surface area contributed by atoms with Crippen LogP contribution in [0.25, 0.3) is 0 Å². The number of carbonyl (C=O) groups excluding carboxylic acids is 1. The highest BCUT2D eigenvalue weighted by Crippen LogP contribution is 1.99. The summed E-state index contributed by atoms with van der Waals surface area (Å²) >= 11 is 1.11. The van der Waals surface area contributed by atoms with Crippen LogP contribution < -0.4 is 10.2 Å². The van der Waals surface area contributed by atoms with Gasteiger partial charge in [0.25, 0.3) is 0 Å². The van der Waals surface area contributed by atoms with Crippen LogP contribution >= 0.6 is 11.3 Å². The van der Waals surface area contributed by atoms with Crippen LogP contribution in [0.1, 0.15) is 17.9 Å². The van der Waals surface area contributed by atoms with Crippen LogP contribution in [0.5, 0.6) is 0 Å². The van der Waals surface area contributed by atoms with Crippen LogP contribution in [-0.4, -0.2) is 32.2 Å². The van der Waals surface area contributed by atoms with Gasteiger partial charge in [0.15, 0.2) is 0 Å². The van der Waals surface area contributed by atoms with Gasteiger partial charge in [-0.25, -0.2) is 4.98 Å². The summed E-state index contributed by atoms with van der Waals surface area (Å²) in [5, 5.41) is 11.0. The number of thiazole rings is 1. The molecule has 0 atom stereocenters. The van der Waals surface area contributed by atoms with Crippen molar-refractivity contribution in [3.63, 3.8) is 0 Å². The number of hydrogen-bond acceptors (Lipinski definition) is 5. The smallest absolute Gasteiger partial charge is 0.307 e. The SMILES string of the molecule is Cc1csc(=O)n1CC(=O)NCCCc1ncn[nH]1. The summed E-state index contributed by atoms with van der Waals surface area (Å²) in [5.41, 5.74) is 0.812. The Bertz CT molecular complexity index is 587. The second-order valence-corrected chi connectivity index (χ2v) is 4.94. The van der Waals surface area contributed by atoms with Crippen LogP contribution in [0.15, 0.2) is 16.5 Å². The molecule has 1 amide bonds. The third kappa shape index (κ3) is 3.75. The van der Waals surface area contributed by atoms with E-state index in [1.54, 1.807) is 5.38 Å². The van der Waals surface area contributed by atoms with Gasteiger partial charge in [0.2, 0.25) is 5.91 Å². The van der Waals surface area contributed by atoms with E-state index in [1.165, 1.54) is 10.9 Å². The molecular weight excluding hydrogens is 266 g/mol. The Balaban J connectivity index is 1.72. The summed E-state index contributed by atoms with van der Waals surface area (Å²) in [6, 6.07) is 0. The number of H-pyrrole nitrogens is 1. The van der Waals surface area contributed by atoms with Gasteiger partial charge in [0.05, 0.1) is 0 Å². The average Bonchev–Trinajstić information content (AvgIpc) is 3.00. The minimum absolute atomic E-state index is 0.0798. The molecule has 102 valence electrons. The van der Waals surface area contributed by atoms with Crippen LogP contribution in [0.3, 0.4) is 0 Å². The second kappa shape index (κ2) is 6.28. The Hall–Kier alpha value is -1.96. The summed E-state index contributed by atoms with van der Waals surface area (Å²) in [4.78, 5) is 27.0. The fourth-order valence-electron chi connectivity index (χ4n) is 1.63. The number of carbonyl (C=O) groups is 1. The van der Waals surface area contributed by atoms with E-state index in [9.17, 15) is 9.59 Å². The molecule has 0 aliphatic heterocycles. The summed E-state index contributed by atoms with van der Waals surface area (Å²) in [6.07, 6.45) is 2.97. The number of hydrogen-bond donors (Lipinski definition) is 2. The third-order valence-corrected chi connectivity index (χ3v) is 3.54. The number of aromatic nitrogens is 4. The molecule has 2 aromatic rings. The van der Waals surface area contributed by atoms with Crippen molar-refractivity contribution in [1.29, 1.82) is 0 Å². The first kappa shape index (κ1) is 13.5. The maximum atomic E-state index is 11.7. The zero-order valence-corrected chi connectivity index (χ0v) is 11.4. The van der Waals surface area contributed by atoms with Gasteiger partial charge in [0, 0.05) is 24.0 Å². The Kier molecular flexibility index (Phi) is 4.45. The Morgan fingerprint density at radius 2 is 2.42 bits per heavy atom. The molecule has 0 unspecified atom stereocenters. The lowest BCUT2D eigenvalue weighted by atomic mass is 10.3. The van der Waals surface area contributed by atoms with Gasteiger partial charge >= 0.3 is 4.87 Å². The fraction of sp³-hybridized carbons (Fsp3) is 0.455. The molecule has 0 aliphatic carbocycles. The molecule has 0 saturated heterocycles. The largest absolute Gasteiger partial charge is 0.355 e. The number of aromatic amines is 1. The summed E-state index contributed by atoms with van der Waals surface area (Å²) in [5.74, 6) is 0.653. The highest BCUT2D eigenvalue weighted by molar-refractivity contribution is 7.07. The number of nitrogens with zero attached hydrogens (tertiary/aromatic N) is 3. The van der Waals surface area contributed by atoms with Crippen molar-refractivity contribution in [3.8, 4) is 0 Å². The Morgan fingerprint density at radius 1 is 1.58 bits per heavy atom. The predicted octanol–water partition coefficient (Wildman–Crippen LogP) is 0.0853. The van der Waals surface area contributed by atoms with E-state index in [-0.39, 0.29) is 17.3 Å². The average molecular weight is 281 g/mol. The van der Waals surface area contributed by atoms with E-state index in [2.05, 4.69) is 20.5 Å². The topological polar surface area (TPSA) is 92.7 Å². The van der Waals surface area contributed by atoms with Gasteiger partial charge in [-0.3, -0.25) is 19.3 Å². The number of rotatable bonds is 6. The molecule has 2 N–H and O–H groups in total. The minimum atomic E-state index is -0.152. The molecule has 0 aromatic carbocycles. The molecule has 0 saturated carbocycles. The van der Waals surface area contributed by atoms with Crippen molar-refractivity contribution in [2.75, 3.05) is 6.54 Å². The van der Waals surface area contributed by atoms with Crippen LogP contribution in [0.4, 0.5) is 0 Å². The first-order valence-corrected chi connectivity index (χ1v) is 6.80. The van der Waals surface area contributed by atoms with Gasteiger partial charge in [-0.1, -0.05) is 11.3 Å². The predicted molar refractivity (Wildman–Crippen MR) is 71.0 cm³/mol. The normalized spacial score (nSPS) is 10.6. The van der Waals surface area contributed by atoms with E-state index < -0.39 is 0 Å². The van der Waals surface area contributed by atoms with Gasteiger partial charge in [-0.15, -0.1) is 0 Å². The minimum Gasteiger partial charge on any atom is -0.355 e. The van der Waals surface area contributed by atoms with Crippen molar-refractivity contribution in [1.82, 2.24) is 25.1 Å². The fourth-order valence-corrected chi connectivity index (χ4v) is 2.36. The molecule has 19 heavy (non-hydrogen) atoms. The van der Waals surface area contributed by atoms with Crippen LogP contribution in [0, 0.1) is 6.92 Å². The zero-order valence-electron chi connectivity index (χ0n) is 10.5. The molecule has 0 radical (unpaired) electrons. The van der Waals surface area contributed by atoms with E-state index in [0.29, 0.717) is 6.54 Å². The summed E-state index contributed by atoms with van der Waals surface area (Å²) in [7, 11) is 0. The molecule has 2 rings (SSSR count). The quantitative estimate of drug-likeness (QED) is 0.734. The summed E-state index contributed by atoms with van der Waals surface area (Å²) in [6.45, 7) is 2.45. The Morgan fingerprint density at radius 3 is 3.05 bits per heavy atom. The van der Waals surface area contributed by atoms with Gasteiger partial charge < -0.3 is 5.32 Å². The molecular formula is C11H15N5O2S. The molecule has 2 heterocycles. The monoisotopic (exact) mass is 281 g/mol. The standard InChI is InChI=1S/C11H15N5O2S/c1-8-6-19-11(18)16(8)5-10(17)12-4-2-3-9-13-7-14-15-9/h6-7H,2-5H2,1H3,(H,12,17)(H,13,14,15). The van der Waals surface area contributed by atoms with Crippen molar-refractivity contribution >= 4 is 17.2 Å². The molecule has 7 nitrogen and oxygen atoms in total. The number of aryl methyl sites for hydroxylation is 2. The van der Waals surface area contributed by atoms with Crippen molar-refractivity contribution < 1.29 is 4.79 Å².